The third-order valence-electron chi connectivity index (χ3n) is 5.87. The molecule has 10 heteroatoms. The van der Waals surface area contributed by atoms with Crippen LogP contribution < -0.4 is 16.0 Å². The van der Waals surface area contributed by atoms with Crippen LogP contribution in [0.3, 0.4) is 0 Å². The van der Waals surface area contributed by atoms with E-state index in [0.29, 0.717) is 27.6 Å². The van der Waals surface area contributed by atoms with Crippen molar-refractivity contribution in [2.24, 2.45) is 5.92 Å². The van der Waals surface area contributed by atoms with Crippen LogP contribution in [0.4, 0.5) is 5.69 Å². The second-order valence-corrected chi connectivity index (χ2v) is 9.09. The third-order valence-corrected chi connectivity index (χ3v) is 6.07. The van der Waals surface area contributed by atoms with Crippen molar-refractivity contribution in [3.05, 3.63) is 41.4 Å². The lowest BCUT2D eigenvalue weighted by molar-refractivity contribution is -0.125. The molecule has 0 bridgehead atoms. The van der Waals surface area contributed by atoms with Crippen LogP contribution in [0.2, 0.25) is 5.02 Å². The van der Waals surface area contributed by atoms with Gasteiger partial charge in [0.25, 0.3) is 5.91 Å². The molecule has 1 fully saturated rings. The fourth-order valence-electron chi connectivity index (χ4n) is 4.21. The van der Waals surface area contributed by atoms with Gasteiger partial charge < -0.3 is 16.0 Å². The molecule has 9 nitrogen and oxygen atoms in total. The van der Waals surface area contributed by atoms with Crippen LogP contribution in [0, 0.1) is 5.92 Å². The summed E-state index contributed by atoms with van der Waals surface area (Å²) in [5, 5.41) is 14.0. The van der Waals surface area contributed by atoms with Gasteiger partial charge in [-0.3, -0.25) is 14.6 Å². The smallest absolute Gasteiger partial charge is 0.255 e. The lowest BCUT2D eigenvalue weighted by atomic mass is 9.85. The average Bonchev–Trinajstić information content (AvgIpc) is 3.21. The molecular weight excluding hydrogens is 442 g/mol. The molecule has 1 aliphatic rings. The van der Waals surface area contributed by atoms with Gasteiger partial charge in [0, 0.05) is 37.4 Å². The normalized spacial score (nSPS) is 18.3. The first-order valence-electron chi connectivity index (χ1n) is 11.1. The van der Waals surface area contributed by atoms with E-state index in [4.69, 9.17) is 11.6 Å². The van der Waals surface area contributed by atoms with Gasteiger partial charge in [0.2, 0.25) is 5.91 Å². The first-order chi connectivity index (χ1) is 15.9. The van der Waals surface area contributed by atoms with Crippen LogP contribution in [-0.2, 0) is 4.79 Å². The van der Waals surface area contributed by atoms with E-state index in [1.54, 1.807) is 36.4 Å². The zero-order valence-electron chi connectivity index (χ0n) is 18.9. The maximum Gasteiger partial charge on any atom is 0.255 e. The fraction of sp³-hybridized carbons (Fsp3) is 0.435. The van der Waals surface area contributed by atoms with Crippen molar-refractivity contribution < 1.29 is 9.59 Å². The molecule has 4 rings (SSSR count). The lowest BCUT2D eigenvalue weighted by Crippen LogP contribution is -2.40. The number of fused-ring (bicyclic) bond motifs is 1. The number of carbonyl (C=O) groups excluding carboxylic acids is 2. The van der Waals surface area contributed by atoms with Crippen LogP contribution in [-0.4, -0.2) is 50.5 Å². The number of pyridine rings is 1. The van der Waals surface area contributed by atoms with E-state index in [9.17, 15) is 9.59 Å². The largest absolute Gasteiger partial charge is 0.382 e. The fourth-order valence-corrected chi connectivity index (χ4v) is 4.36. The van der Waals surface area contributed by atoms with E-state index in [1.165, 1.54) is 0 Å². The standard InChI is InChI=1S/C23H28ClN7O2/c1-13(2)29-20-8-19(17-11-28-31-12-15(24)9-27-21(17)31)26-10-18(20)23(33)30-16-6-4-14(5-7-16)22(32)25-3/h8-14,16H,4-7H2,1-3H3,(H,25,32)(H,26,29)(H,30,33). The maximum atomic E-state index is 13.1. The molecule has 0 saturated heterocycles. The number of nitrogens with one attached hydrogen (secondary N) is 3. The highest BCUT2D eigenvalue weighted by Crippen LogP contribution is 2.28. The van der Waals surface area contributed by atoms with Crippen LogP contribution in [0.1, 0.15) is 49.9 Å². The van der Waals surface area contributed by atoms with Gasteiger partial charge in [-0.2, -0.15) is 5.10 Å². The first kappa shape index (κ1) is 23.0. The van der Waals surface area contributed by atoms with Crippen LogP contribution in [0.5, 0.6) is 0 Å². The summed E-state index contributed by atoms with van der Waals surface area (Å²) in [6.45, 7) is 4.03. The Bertz CT molecular complexity index is 1170. The molecule has 3 heterocycles. The Balaban J connectivity index is 1.55. The second-order valence-electron chi connectivity index (χ2n) is 8.65. The quantitative estimate of drug-likeness (QED) is 0.510. The van der Waals surface area contributed by atoms with E-state index in [1.807, 2.05) is 19.9 Å². The molecule has 0 spiro atoms. The minimum absolute atomic E-state index is 0.0246. The number of halogens is 1. The van der Waals surface area contributed by atoms with E-state index >= 15 is 0 Å². The molecule has 0 aromatic carbocycles. The number of rotatable bonds is 6. The molecule has 1 aliphatic carbocycles. The number of amides is 2. The van der Waals surface area contributed by atoms with Gasteiger partial charge in [-0.05, 0) is 45.6 Å². The van der Waals surface area contributed by atoms with Crippen molar-refractivity contribution in [3.8, 4) is 11.3 Å². The van der Waals surface area contributed by atoms with Gasteiger partial charge in [0.05, 0.1) is 39.9 Å². The van der Waals surface area contributed by atoms with Crippen LogP contribution >= 0.6 is 11.6 Å². The predicted octanol–water partition coefficient (Wildman–Crippen LogP) is 3.30. The van der Waals surface area contributed by atoms with Crippen molar-refractivity contribution in [1.82, 2.24) is 30.2 Å². The minimum Gasteiger partial charge on any atom is -0.382 e. The Hall–Kier alpha value is -3.20. The number of nitrogens with zero attached hydrogens (tertiary/aromatic N) is 4. The summed E-state index contributed by atoms with van der Waals surface area (Å²) in [6, 6.07) is 2.01. The Morgan fingerprint density at radius 3 is 2.58 bits per heavy atom. The van der Waals surface area contributed by atoms with Gasteiger partial charge in [-0.1, -0.05) is 11.6 Å². The van der Waals surface area contributed by atoms with Gasteiger partial charge in [0.15, 0.2) is 5.65 Å². The van der Waals surface area contributed by atoms with E-state index in [-0.39, 0.29) is 29.8 Å². The molecule has 0 radical (unpaired) electrons. The Morgan fingerprint density at radius 2 is 1.88 bits per heavy atom. The SMILES string of the molecule is CNC(=O)C1CCC(NC(=O)c2cnc(-c3cnn4cc(Cl)cnc34)cc2NC(C)C)CC1. The van der Waals surface area contributed by atoms with Crippen molar-refractivity contribution in [3.63, 3.8) is 0 Å². The number of hydrogen-bond donors (Lipinski definition) is 3. The molecule has 174 valence electrons. The maximum absolute atomic E-state index is 13.1. The summed E-state index contributed by atoms with van der Waals surface area (Å²) in [7, 11) is 1.66. The highest BCUT2D eigenvalue weighted by atomic mass is 35.5. The summed E-state index contributed by atoms with van der Waals surface area (Å²) < 4.78 is 1.60. The topological polar surface area (TPSA) is 113 Å². The monoisotopic (exact) mass is 469 g/mol. The summed E-state index contributed by atoms with van der Waals surface area (Å²) in [4.78, 5) is 33.9. The summed E-state index contributed by atoms with van der Waals surface area (Å²) in [5.74, 6) is -0.0746. The molecule has 0 aliphatic heterocycles. The lowest BCUT2D eigenvalue weighted by Gasteiger charge is -2.28. The van der Waals surface area contributed by atoms with Crippen molar-refractivity contribution in [1.29, 1.82) is 0 Å². The average molecular weight is 470 g/mol. The van der Waals surface area contributed by atoms with Crippen molar-refractivity contribution in [2.75, 3.05) is 12.4 Å². The molecule has 1 saturated carbocycles. The number of anilines is 1. The molecule has 0 atom stereocenters. The highest BCUT2D eigenvalue weighted by Gasteiger charge is 2.27. The molecular formula is C23H28ClN7O2. The Morgan fingerprint density at radius 1 is 1.12 bits per heavy atom. The second kappa shape index (κ2) is 9.74. The third kappa shape index (κ3) is 5.08. The predicted molar refractivity (Wildman–Crippen MR) is 127 cm³/mol. The number of carbonyl (C=O) groups is 2. The van der Waals surface area contributed by atoms with Gasteiger partial charge >= 0.3 is 0 Å². The minimum atomic E-state index is -0.176. The molecule has 0 unspecified atom stereocenters. The molecule has 2 amide bonds. The van der Waals surface area contributed by atoms with E-state index in [0.717, 1.165) is 31.2 Å². The molecule has 3 N–H and O–H groups in total. The Kier molecular flexibility index (Phi) is 6.78. The zero-order valence-corrected chi connectivity index (χ0v) is 19.7. The zero-order chi connectivity index (χ0) is 23.5. The van der Waals surface area contributed by atoms with Gasteiger partial charge in [-0.25, -0.2) is 9.50 Å². The Labute approximate surface area is 197 Å². The first-order valence-corrected chi connectivity index (χ1v) is 11.5. The highest BCUT2D eigenvalue weighted by molar-refractivity contribution is 6.30. The van der Waals surface area contributed by atoms with Crippen LogP contribution in [0.25, 0.3) is 16.9 Å². The summed E-state index contributed by atoms with van der Waals surface area (Å²) in [5.41, 5.74) is 3.21. The number of hydrogen-bond acceptors (Lipinski definition) is 6. The summed E-state index contributed by atoms with van der Waals surface area (Å²) >= 11 is 6.01. The van der Waals surface area contributed by atoms with Gasteiger partial charge in [0.1, 0.15) is 0 Å². The van der Waals surface area contributed by atoms with E-state index < -0.39 is 0 Å². The van der Waals surface area contributed by atoms with Crippen LogP contribution in [0.15, 0.2) is 30.9 Å². The summed E-state index contributed by atoms with van der Waals surface area (Å²) in [6.07, 6.45) is 9.61. The van der Waals surface area contributed by atoms with E-state index in [2.05, 4.69) is 31.0 Å². The molecule has 3 aromatic heterocycles. The number of aromatic nitrogens is 4. The molecule has 33 heavy (non-hydrogen) atoms. The molecule has 3 aromatic rings. The van der Waals surface area contributed by atoms with Crippen molar-refractivity contribution in [2.45, 2.75) is 51.6 Å². The van der Waals surface area contributed by atoms with Crippen molar-refractivity contribution >= 4 is 34.7 Å². The van der Waals surface area contributed by atoms with Gasteiger partial charge in [-0.15, -0.1) is 0 Å².